The van der Waals surface area contributed by atoms with Crippen LogP contribution in [-0.2, 0) is 12.8 Å². The highest BCUT2D eigenvalue weighted by Gasteiger charge is 2.04. The summed E-state index contributed by atoms with van der Waals surface area (Å²) in [5.41, 5.74) is 8.11. The fraction of sp³-hybridized carbons (Fsp3) is 0.286. The monoisotopic (exact) mass is 325 g/mol. The predicted octanol–water partition coefficient (Wildman–Crippen LogP) is 3.63. The van der Waals surface area contributed by atoms with Crippen LogP contribution in [0.2, 0.25) is 0 Å². The van der Waals surface area contributed by atoms with Crippen LogP contribution in [0.25, 0.3) is 0 Å². The molecule has 0 amide bonds. The second-order valence-electron chi connectivity index (χ2n) is 4.02. The van der Waals surface area contributed by atoms with Gasteiger partial charge < -0.3 is 10.5 Å². The molecule has 1 aromatic carbocycles. The molecule has 0 fully saturated rings. The van der Waals surface area contributed by atoms with Crippen molar-refractivity contribution in [3.63, 3.8) is 0 Å². The molecule has 0 saturated heterocycles. The summed E-state index contributed by atoms with van der Waals surface area (Å²) in [5.74, 6) is 0.943. The van der Waals surface area contributed by atoms with Gasteiger partial charge in [0.25, 0.3) is 0 Å². The maximum Gasteiger partial charge on any atom is 0.122 e. The Bertz CT molecular complexity index is 485. The second-order valence-corrected chi connectivity index (χ2v) is 5.72. The normalized spacial score (nSPS) is 10.6. The Kier molecular flexibility index (Phi) is 5.23. The third-order valence-corrected chi connectivity index (χ3v) is 3.89. The Morgan fingerprint density at radius 2 is 2.11 bits per heavy atom. The van der Waals surface area contributed by atoms with Gasteiger partial charge in [0.2, 0.25) is 0 Å². The maximum atomic E-state index is 5.85. The third kappa shape index (κ3) is 3.83. The summed E-state index contributed by atoms with van der Waals surface area (Å²) in [5, 5.41) is 4.25. The average molecular weight is 326 g/mol. The molecule has 0 bridgehead atoms. The minimum atomic E-state index is 0.636. The first kappa shape index (κ1) is 13.6. The van der Waals surface area contributed by atoms with Crippen LogP contribution in [-0.4, -0.2) is 13.2 Å². The van der Waals surface area contributed by atoms with Crippen molar-refractivity contribution in [2.75, 3.05) is 13.2 Å². The molecule has 0 aliphatic carbocycles. The number of rotatable bonds is 6. The van der Waals surface area contributed by atoms with Gasteiger partial charge in [-0.1, -0.05) is 15.9 Å². The molecule has 0 unspecified atom stereocenters. The van der Waals surface area contributed by atoms with E-state index in [1.807, 2.05) is 12.1 Å². The molecule has 0 aliphatic rings. The quantitative estimate of drug-likeness (QED) is 0.880. The lowest BCUT2D eigenvalue weighted by Crippen LogP contribution is -2.07. The molecule has 0 spiro atoms. The molecule has 2 aromatic rings. The van der Waals surface area contributed by atoms with Gasteiger partial charge in [-0.2, -0.15) is 11.3 Å². The number of hydrogen-bond acceptors (Lipinski definition) is 3. The first-order valence-corrected chi connectivity index (χ1v) is 7.65. The SMILES string of the molecule is NCCc1cc(Br)ccc1OCCc1ccsc1. The zero-order valence-electron chi connectivity index (χ0n) is 10.1. The van der Waals surface area contributed by atoms with Gasteiger partial charge in [0.05, 0.1) is 6.61 Å². The minimum absolute atomic E-state index is 0.636. The molecule has 2 rings (SSSR count). The molecule has 1 aromatic heterocycles. The van der Waals surface area contributed by atoms with Crippen LogP contribution in [0.4, 0.5) is 0 Å². The van der Waals surface area contributed by atoms with Crippen molar-refractivity contribution in [2.24, 2.45) is 5.73 Å². The van der Waals surface area contributed by atoms with Gasteiger partial charge >= 0.3 is 0 Å². The van der Waals surface area contributed by atoms with Crippen LogP contribution >= 0.6 is 27.3 Å². The second kappa shape index (κ2) is 6.92. The molecule has 18 heavy (non-hydrogen) atoms. The summed E-state index contributed by atoms with van der Waals surface area (Å²) in [4.78, 5) is 0. The van der Waals surface area contributed by atoms with Crippen molar-refractivity contribution in [3.05, 3.63) is 50.6 Å². The van der Waals surface area contributed by atoms with Crippen molar-refractivity contribution < 1.29 is 4.74 Å². The summed E-state index contributed by atoms with van der Waals surface area (Å²) in [6.45, 7) is 1.34. The largest absolute Gasteiger partial charge is 0.493 e. The van der Waals surface area contributed by atoms with Gasteiger partial charge in [0, 0.05) is 10.9 Å². The Labute approximate surface area is 120 Å². The summed E-state index contributed by atoms with van der Waals surface area (Å²) in [6, 6.07) is 8.21. The summed E-state index contributed by atoms with van der Waals surface area (Å²) >= 11 is 5.19. The number of ether oxygens (including phenoxy) is 1. The third-order valence-electron chi connectivity index (χ3n) is 2.66. The van der Waals surface area contributed by atoms with Crippen LogP contribution in [0.15, 0.2) is 39.5 Å². The van der Waals surface area contributed by atoms with Crippen LogP contribution < -0.4 is 10.5 Å². The van der Waals surface area contributed by atoms with Crippen molar-refractivity contribution in [1.29, 1.82) is 0 Å². The molecule has 2 N–H and O–H groups in total. The van der Waals surface area contributed by atoms with Crippen molar-refractivity contribution in [1.82, 2.24) is 0 Å². The average Bonchev–Trinajstić information content (AvgIpc) is 2.85. The first-order chi connectivity index (χ1) is 8.79. The Balaban J connectivity index is 1.95. The van der Waals surface area contributed by atoms with Gasteiger partial charge in [-0.25, -0.2) is 0 Å². The van der Waals surface area contributed by atoms with Gasteiger partial charge in [-0.15, -0.1) is 0 Å². The van der Waals surface area contributed by atoms with E-state index in [-0.39, 0.29) is 0 Å². The Morgan fingerprint density at radius 3 is 2.83 bits per heavy atom. The first-order valence-electron chi connectivity index (χ1n) is 5.92. The van der Waals surface area contributed by atoms with E-state index in [0.29, 0.717) is 13.2 Å². The van der Waals surface area contributed by atoms with Crippen LogP contribution in [0, 0.1) is 0 Å². The molecule has 0 radical (unpaired) electrons. The van der Waals surface area contributed by atoms with E-state index in [4.69, 9.17) is 10.5 Å². The molecule has 0 atom stereocenters. The van der Waals surface area contributed by atoms with E-state index >= 15 is 0 Å². The van der Waals surface area contributed by atoms with Gasteiger partial charge in [-0.3, -0.25) is 0 Å². The van der Waals surface area contributed by atoms with Gasteiger partial charge in [0.15, 0.2) is 0 Å². The van der Waals surface area contributed by atoms with E-state index in [9.17, 15) is 0 Å². The van der Waals surface area contributed by atoms with Crippen molar-refractivity contribution in [2.45, 2.75) is 12.8 Å². The van der Waals surface area contributed by atoms with E-state index in [0.717, 1.165) is 28.6 Å². The molecular formula is C14H16BrNOS. The zero-order valence-corrected chi connectivity index (χ0v) is 12.5. The molecule has 0 aliphatic heterocycles. The smallest absolute Gasteiger partial charge is 0.122 e. The molecule has 4 heteroatoms. The number of thiophene rings is 1. The van der Waals surface area contributed by atoms with Crippen LogP contribution in [0.1, 0.15) is 11.1 Å². The summed E-state index contributed by atoms with van der Waals surface area (Å²) < 4.78 is 6.91. The number of hydrogen-bond donors (Lipinski definition) is 1. The summed E-state index contributed by atoms with van der Waals surface area (Å²) in [7, 11) is 0. The van der Waals surface area contributed by atoms with E-state index in [1.165, 1.54) is 5.56 Å². The molecule has 1 heterocycles. The fourth-order valence-corrected chi connectivity index (χ4v) is 2.87. The highest BCUT2D eigenvalue weighted by molar-refractivity contribution is 9.10. The fourth-order valence-electron chi connectivity index (χ4n) is 1.75. The highest BCUT2D eigenvalue weighted by atomic mass is 79.9. The van der Waals surface area contributed by atoms with Crippen molar-refractivity contribution in [3.8, 4) is 5.75 Å². The van der Waals surface area contributed by atoms with Crippen LogP contribution in [0.3, 0.4) is 0 Å². The van der Waals surface area contributed by atoms with Gasteiger partial charge in [-0.05, 0) is 59.1 Å². The Morgan fingerprint density at radius 1 is 1.22 bits per heavy atom. The Hall–Kier alpha value is -0.840. The lowest BCUT2D eigenvalue weighted by atomic mass is 10.1. The molecular weight excluding hydrogens is 310 g/mol. The lowest BCUT2D eigenvalue weighted by molar-refractivity contribution is 0.318. The number of halogens is 1. The zero-order chi connectivity index (χ0) is 12.8. The van der Waals surface area contributed by atoms with Gasteiger partial charge in [0.1, 0.15) is 5.75 Å². The van der Waals surface area contributed by atoms with E-state index < -0.39 is 0 Å². The lowest BCUT2D eigenvalue weighted by Gasteiger charge is -2.11. The maximum absolute atomic E-state index is 5.85. The minimum Gasteiger partial charge on any atom is -0.493 e. The van der Waals surface area contributed by atoms with Crippen molar-refractivity contribution >= 4 is 27.3 Å². The molecule has 0 saturated carbocycles. The molecule has 96 valence electrons. The standard InChI is InChI=1S/C14H16BrNOS/c15-13-1-2-14(12(9-13)3-6-16)17-7-4-11-5-8-18-10-11/h1-2,5,8-10H,3-4,6-7,16H2. The van der Waals surface area contributed by atoms with E-state index in [2.05, 4.69) is 38.8 Å². The number of nitrogens with two attached hydrogens (primary N) is 1. The number of benzene rings is 1. The topological polar surface area (TPSA) is 35.2 Å². The summed E-state index contributed by atoms with van der Waals surface area (Å²) in [6.07, 6.45) is 1.79. The van der Waals surface area contributed by atoms with Crippen LogP contribution in [0.5, 0.6) is 5.75 Å². The molecule has 2 nitrogen and oxygen atoms in total. The predicted molar refractivity (Wildman–Crippen MR) is 80.4 cm³/mol. The van der Waals surface area contributed by atoms with E-state index in [1.54, 1.807) is 11.3 Å². The highest BCUT2D eigenvalue weighted by Crippen LogP contribution is 2.23.